The van der Waals surface area contributed by atoms with Crippen LogP contribution in [0.2, 0.25) is 0 Å². The van der Waals surface area contributed by atoms with Gasteiger partial charge in [-0.15, -0.1) is 11.3 Å². The lowest BCUT2D eigenvalue weighted by Gasteiger charge is -2.34. The summed E-state index contributed by atoms with van der Waals surface area (Å²) < 4.78 is 27.3. The summed E-state index contributed by atoms with van der Waals surface area (Å²) in [6.07, 6.45) is 0. The van der Waals surface area contributed by atoms with E-state index in [4.69, 9.17) is 0 Å². The van der Waals surface area contributed by atoms with Gasteiger partial charge in [0, 0.05) is 30.6 Å². The molecule has 1 aromatic rings. The molecule has 0 saturated heterocycles. The molecule has 6 heteroatoms. The maximum Gasteiger partial charge on any atom is 0.252 e. The van der Waals surface area contributed by atoms with Crippen molar-refractivity contribution in [3.63, 3.8) is 0 Å². The SMILES string of the molecule is CC(C)NCc1ccc(S(=O)(=O)N(C)C(C)C(C)(C)C)s1. The first-order chi connectivity index (χ1) is 9.46. The molecule has 0 radical (unpaired) electrons. The Morgan fingerprint density at radius 3 is 2.29 bits per heavy atom. The van der Waals surface area contributed by atoms with Gasteiger partial charge >= 0.3 is 0 Å². The first-order valence-corrected chi connectivity index (χ1v) is 9.52. The van der Waals surface area contributed by atoms with Crippen molar-refractivity contribution >= 4 is 21.4 Å². The summed E-state index contributed by atoms with van der Waals surface area (Å²) in [4.78, 5) is 1.04. The number of hydrogen-bond acceptors (Lipinski definition) is 4. The molecule has 1 atom stereocenters. The van der Waals surface area contributed by atoms with Crippen molar-refractivity contribution in [1.29, 1.82) is 0 Å². The highest BCUT2D eigenvalue weighted by Gasteiger charge is 2.33. The summed E-state index contributed by atoms with van der Waals surface area (Å²) in [6.45, 7) is 13.0. The topological polar surface area (TPSA) is 49.4 Å². The Labute approximate surface area is 133 Å². The second-order valence-corrected chi connectivity index (χ2v) is 10.2. The van der Waals surface area contributed by atoms with Crippen LogP contribution in [0.1, 0.15) is 46.4 Å². The minimum absolute atomic E-state index is 0.0677. The summed E-state index contributed by atoms with van der Waals surface area (Å²) in [5.74, 6) is 0. The minimum atomic E-state index is -3.42. The predicted molar refractivity (Wildman–Crippen MR) is 90.2 cm³/mol. The van der Waals surface area contributed by atoms with E-state index in [1.807, 2.05) is 13.0 Å². The zero-order chi connectivity index (χ0) is 16.4. The molecule has 1 rings (SSSR count). The molecule has 0 bridgehead atoms. The van der Waals surface area contributed by atoms with Crippen LogP contribution in [0.3, 0.4) is 0 Å². The van der Waals surface area contributed by atoms with Gasteiger partial charge in [-0.3, -0.25) is 0 Å². The molecule has 1 aromatic heterocycles. The third-order valence-corrected chi connectivity index (χ3v) is 7.23. The van der Waals surface area contributed by atoms with E-state index < -0.39 is 10.0 Å². The quantitative estimate of drug-likeness (QED) is 0.869. The number of thiophene rings is 1. The van der Waals surface area contributed by atoms with Crippen LogP contribution in [0.25, 0.3) is 0 Å². The maximum atomic E-state index is 12.7. The Kier molecular flexibility index (Phi) is 6.00. The molecule has 4 nitrogen and oxygen atoms in total. The lowest BCUT2D eigenvalue weighted by Crippen LogP contribution is -2.42. The largest absolute Gasteiger partial charge is 0.310 e. The van der Waals surface area contributed by atoms with Gasteiger partial charge < -0.3 is 5.32 Å². The van der Waals surface area contributed by atoms with Gasteiger partial charge in [-0.2, -0.15) is 4.31 Å². The average molecular weight is 333 g/mol. The molecular weight excluding hydrogens is 304 g/mol. The third-order valence-electron chi connectivity index (χ3n) is 3.75. The van der Waals surface area contributed by atoms with Crippen molar-refractivity contribution in [2.45, 2.75) is 64.4 Å². The van der Waals surface area contributed by atoms with E-state index in [9.17, 15) is 8.42 Å². The van der Waals surface area contributed by atoms with E-state index in [1.165, 1.54) is 15.6 Å². The van der Waals surface area contributed by atoms with Crippen LogP contribution in [0.15, 0.2) is 16.3 Å². The van der Waals surface area contributed by atoms with Crippen LogP contribution in [0.5, 0.6) is 0 Å². The summed E-state index contributed by atoms with van der Waals surface area (Å²) in [7, 11) is -1.75. The molecule has 1 unspecified atom stereocenters. The highest BCUT2D eigenvalue weighted by molar-refractivity contribution is 7.91. The number of nitrogens with one attached hydrogen (secondary N) is 1. The Morgan fingerprint density at radius 1 is 1.24 bits per heavy atom. The second-order valence-electron chi connectivity index (χ2n) is 6.82. The molecule has 0 aliphatic carbocycles. The molecule has 122 valence electrons. The van der Waals surface area contributed by atoms with Gasteiger partial charge in [0.1, 0.15) is 4.21 Å². The fourth-order valence-corrected chi connectivity index (χ4v) is 4.83. The normalized spacial score (nSPS) is 14.9. The van der Waals surface area contributed by atoms with E-state index in [2.05, 4.69) is 39.9 Å². The van der Waals surface area contributed by atoms with Crippen molar-refractivity contribution in [3.8, 4) is 0 Å². The Bertz CT molecular complexity index is 556. The summed E-state index contributed by atoms with van der Waals surface area (Å²) in [5, 5.41) is 3.30. The van der Waals surface area contributed by atoms with E-state index in [-0.39, 0.29) is 11.5 Å². The van der Waals surface area contributed by atoms with Crippen LogP contribution in [-0.2, 0) is 16.6 Å². The van der Waals surface area contributed by atoms with Gasteiger partial charge in [0.15, 0.2) is 0 Å². The fourth-order valence-electron chi connectivity index (χ4n) is 1.79. The summed E-state index contributed by atoms with van der Waals surface area (Å²) >= 11 is 1.35. The number of sulfonamides is 1. The molecule has 0 saturated carbocycles. The second kappa shape index (κ2) is 6.77. The van der Waals surface area contributed by atoms with Gasteiger partial charge in [0.05, 0.1) is 0 Å². The first-order valence-electron chi connectivity index (χ1n) is 7.26. The zero-order valence-electron chi connectivity index (χ0n) is 14.1. The van der Waals surface area contributed by atoms with Crippen LogP contribution < -0.4 is 5.32 Å². The summed E-state index contributed by atoms with van der Waals surface area (Å²) in [6, 6.07) is 3.92. The molecule has 0 spiro atoms. The first kappa shape index (κ1) is 18.6. The van der Waals surface area contributed by atoms with Gasteiger partial charge in [0.25, 0.3) is 10.0 Å². The highest BCUT2D eigenvalue weighted by atomic mass is 32.2. The number of hydrogen-bond donors (Lipinski definition) is 1. The van der Waals surface area contributed by atoms with Crippen molar-refractivity contribution in [2.24, 2.45) is 5.41 Å². The van der Waals surface area contributed by atoms with Gasteiger partial charge in [-0.1, -0.05) is 34.6 Å². The molecule has 0 aromatic carbocycles. The van der Waals surface area contributed by atoms with Gasteiger partial charge in [-0.05, 0) is 24.5 Å². The smallest absolute Gasteiger partial charge is 0.252 e. The lowest BCUT2D eigenvalue weighted by atomic mass is 9.88. The fraction of sp³-hybridized carbons (Fsp3) is 0.733. The third kappa shape index (κ3) is 4.77. The van der Waals surface area contributed by atoms with Crippen molar-refractivity contribution < 1.29 is 8.42 Å². The van der Waals surface area contributed by atoms with Crippen LogP contribution in [0, 0.1) is 5.41 Å². The van der Waals surface area contributed by atoms with E-state index in [0.29, 0.717) is 16.8 Å². The molecule has 0 amide bonds. The Hall–Kier alpha value is -0.430. The maximum absolute atomic E-state index is 12.7. The molecule has 0 aliphatic rings. The molecule has 1 heterocycles. The number of nitrogens with zero attached hydrogens (tertiary/aromatic N) is 1. The molecule has 0 fully saturated rings. The monoisotopic (exact) mass is 332 g/mol. The van der Waals surface area contributed by atoms with Crippen molar-refractivity contribution in [1.82, 2.24) is 9.62 Å². The average Bonchev–Trinajstić information content (AvgIpc) is 2.82. The van der Waals surface area contributed by atoms with Gasteiger partial charge in [-0.25, -0.2) is 8.42 Å². The molecule has 1 N–H and O–H groups in total. The Morgan fingerprint density at radius 2 is 1.81 bits per heavy atom. The molecular formula is C15H28N2O2S2. The minimum Gasteiger partial charge on any atom is -0.310 e. The lowest BCUT2D eigenvalue weighted by molar-refractivity contribution is 0.217. The standard InChI is InChI=1S/C15H28N2O2S2/c1-11(2)16-10-13-8-9-14(20-13)21(18,19)17(7)12(3)15(4,5)6/h8-9,11-12,16H,10H2,1-7H3. The zero-order valence-corrected chi connectivity index (χ0v) is 15.7. The van der Waals surface area contributed by atoms with E-state index in [1.54, 1.807) is 13.1 Å². The van der Waals surface area contributed by atoms with Crippen LogP contribution in [0.4, 0.5) is 0 Å². The van der Waals surface area contributed by atoms with E-state index >= 15 is 0 Å². The van der Waals surface area contributed by atoms with Crippen LogP contribution >= 0.6 is 11.3 Å². The highest BCUT2D eigenvalue weighted by Crippen LogP contribution is 2.30. The van der Waals surface area contributed by atoms with E-state index in [0.717, 1.165) is 4.88 Å². The summed E-state index contributed by atoms with van der Waals surface area (Å²) in [5.41, 5.74) is -0.0961. The molecule has 0 aliphatic heterocycles. The van der Waals surface area contributed by atoms with Crippen molar-refractivity contribution in [2.75, 3.05) is 7.05 Å². The molecule has 21 heavy (non-hydrogen) atoms. The number of rotatable bonds is 6. The predicted octanol–water partition coefficient (Wildman–Crippen LogP) is 3.30. The van der Waals surface area contributed by atoms with Crippen molar-refractivity contribution in [3.05, 3.63) is 17.0 Å². The Balaban J connectivity index is 2.93. The van der Waals surface area contributed by atoms with Crippen LogP contribution in [-0.4, -0.2) is 31.9 Å². The van der Waals surface area contributed by atoms with Gasteiger partial charge in [0.2, 0.25) is 0 Å².